The predicted molar refractivity (Wildman–Crippen MR) is 134 cm³/mol. The molecule has 1 aliphatic heterocycles. The molecule has 5 N–H and O–H groups in total. The molecule has 0 saturated carbocycles. The monoisotopic (exact) mass is 629 g/mol. The van der Waals surface area contributed by atoms with Crippen LogP contribution in [0.3, 0.4) is 0 Å². The number of aliphatic hydroxyl groups is 2. The molecule has 0 spiro atoms. The quantitative estimate of drug-likeness (QED) is 0.207. The molecule has 2 aliphatic carbocycles. The van der Waals surface area contributed by atoms with Crippen molar-refractivity contribution in [3.8, 4) is 11.5 Å². The van der Waals surface area contributed by atoms with Crippen molar-refractivity contribution >= 4 is 23.3 Å². The summed E-state index contributed by atoms with van der Waals surface area (Å²) in [6.45, 7) is 1.22. The normalized spacial score (nSPS) is 28.2. The highest BCUT2D eigenvalue weighted by atomic mass is 19.4. The van der Waals surface area contributed by atoms with Gasteiger partial charge in [0.1, 0.15) is 23.2 Å². The van der Waals surface area contributed by atoms with E-state index >= 15 is 0 Å². The van der Waals surface area contributed by atoms with E-state index in [9.17, 15) is 61.6 Å². The zero-order chi connectivity index (χ0) is 32.5. The maximum Gasteiger partial charge on any atom is 0.471 e. The standard InChI is InChI=1S/C28H24F5NO10/c1-9-19(35)13(34-26(41)28(31,32)33)6-15(43-9)44-14-8-27(42,24(40)25(29)30)7-12-16(14)23(39)18-17(22(12)38)20(36)10-4-2-3-5-11(10)21(18)37/h2-5,9,13-15,19,25,35,38-39,42H,6-8H2,1H3,(H,34,41)/t9-,13-,14-,15-,19+,27-/m0/s1. The Morgan fingerprint density at radius 2 is 1.64 bits per heavy atom. The number of ether oxygens (including phenoxy) is 2. The van der Waals surface area contributed by atoms with E-state index in [2.05, 4.69) is 0 Å². The van der Waals surface area contributed by atoms with Crippen LogP contribution in [0.15, 0.2) is 24.3 Å². The average Bonchev–Trinajstić information content (AvgIpc) is 2.95. The molecule has 0 bridgehead atoms. The Morgan fingerprint density at radius 1 is 1.07 bits per heavy atom. The SMILES string of the molecule is C[C@@H]1O[C@@H](O[C@H]2C[C@](O)(C(=O)C(F)F)Cc3c(O)c4c(c(O)c32)C(=O)c2ccccc2C4=O)C[C@H](NC(=O)C(F)(F)F)[C@@H]1O. The van der Waals surface area contributed by atoms with Crippen LogP contribution in [0.1, 0.15) is 68.8 Å². The Kier molecular flexibility index (Phi) is 7.77. The number of alkyl halides is 5. The number of Topliss-reactive ketones (excluding diaryl/α,β-unsaturated/α-hetero) is 1. The summed E-state index contributed by atoms with van der Waals surface area (Å²) in [6, 6.07) is 3.84. The Morgan fingerprint density at radius 3 is 2.18 bits per heavy atom. The van der Waals surface area contributed by atoms with Crippen molar-refractivity contribution in [2.24, 2.45) is 0 Å². The maximum absolute atomic E-state index is 13.6. The van der Waals surface area contributed by atoms with Gasteiger partial charge in [-0.2, -0.15) is 13.2 Å². The molecule has 5 rings (SSSR count). The Balaban J connectivity index is 1.60. The minimum Gasteiger partial charge on any atom is -0.507 e. The van der Waals surface area contributed by atoms with Gasteiger partial charge in [0.25, 0.3) is 6.43 Å². The fraction of sp³-hybridized carbons (Fsp3) is 0.429. The molecule has 2 aromatic rings. The van der Waals surface area contributed by atoms with Crippen LogP contribution in [0.4, 0.5) is 22.0 Å². The summed E-state index contributed by atoms with van der Waals surface area (Å²) in [6.07, 6.45) is -18.2. The number of aromatic hydroxyl groups is 2. The number of nitrogens with one attached hydrogen (secondary N) is 1. The molecule has 1 saturated heterocycles. The highest BCUT2D eigenvalue weighted by Gasteiger charge is 2.52. The summed E-state index contributed by atoms with van der Waals surface area (Å²) in [4.78, 5) is 50.7. The van der Waals surface area contributed by atoms with Crippen molar-refractivity contribution < 1.29 is 71.0 Å². The molecule has 0 aromatic heterocycles. The smallest absolute Gasteiger partial charge is 0.471 e. The lowest BCUT2D eigenvalue weighted by Crippen LogP contribution is -2.57. The average molecular weight is 629 g/mol. The summed E-state index contributed by atoms with van der Waals surface area (Å²) >= 11 is 0. The van der Waals surface area contributed by atoms with Crippen LogP contribution in [0.5, 0.6) is 11.5 Å². The van der Waals surface area contributed by atoms with Crippen LogP contribution < -0.4 is 5.32 Å². The molecule has 1 heterocycles. The van der Waals surface area contributed by atoms with Crippen molar-refractivity contribution in [1.29, 1.82) is 0 Å². The van der Waals surface area contributed by atoms with Gasteiger partial charge in [0.2, 0.25) is 5.78 Å². The van der Waals surface area contributed by atoms with Crippen molar-refractivity contribution in [3.05, 3.63) is 57.6 Å². The summed E-state index contributed by atoms with van der Waals surface area (Å²) in [7, 11) is 0. The van der Waals surface area contributed by atoms with Crippen molar-refractivity contribution in [2.45, 2.75) is 75.0 Å². The molecule has 236 valence electrons. The summed E-state index contributed by atoms with van der Waals surface area (Å²) < 4.78 is 77.0. The number of phenolic OH excluding ortho intramolecular Hbond substituents is 2. The van der Waals surface area contributed by atoms with Crippen LogP contribution in [0.2, 0.25) is 0 Å². The molecule has 3 aliphatic rings. The molecule has 16 heteroatoms. The lowest BCUT2D eigenvalue weighted by atomic mass is 9.72. The fourth-order valence-corrected chi connectivity index (χ4v) is 5.90. The third-order valence-electron chi connectivity index (χ3n) is 8.03. The van der Waals surface area contributed by atoms with Gasteiger partial charge in [-0.15, -0.1) is 0 Å². The zero-order valence-corrected chi connectivity index (χ0v) is 22.5. The highest BCUT2D eigenvalue weighted by Crippen LogP contribution is 2.52. The van der Waals surface area contributed by atoms with E-state index in [1.165, 1.54) is 31.2 Å². The number of hydrogen-bond donors (Lipinski definition) is 5. The van der Waals surface area contributed by atoms with E-state index in [0.717, 1.165) is 0 Å². The second kappa shape index (κ2) is 10.9. The van der Waals surface area contributed by atoms with E-state index in [-0.39, 0.29) is 11.1 Å². The van der Waals surface area contributed by atoms with Gasteiger partial charge >= 0.3 is 12.1 Å². The van der Waals surface area contributed by atoms with Gasteiger partial charge in [-0.3, -0.25) is 19.2 Å². The molecule has 6 atom stereocenters. The van der Waals surface area contributed by atoms with E-state index in [1.54, 1.807) is 5.32 Å². The van der Waals surface area contributed by atoms with Gasteiger partial charge in [0, 0.05) is 41.5 Å². The largest absolute Gasteiger partial charge is 0.507 e. The van der Waals surface area contributed by atoms with E-state index in [1.807, 2.05) is 0 Å². The number of phenols is 2. The molecule has 11 nitrogen and oxygen atoms in total. The number of ketones is 3. The fourth-order valence-electron chi connectivity index (χ4n) is 5.90. The number of aliphatic hydroxyl groups excluding tert-OH is 1. The third-order valence-corrected chi connectivity index (χ3v) is 8.03. The molecule has 44 heavy (non-hydrogen) atoms. The Hall–Kier alpha value is -3.99. The minimum atomic E-state index is -5.31. The van der Waals surface area contributed by atoms with Crippen LogP contribution in [-0.4, -0.2) is 86.4 Å². The lowest BCUT2D eigenvalue weighted by molar-refractivity contribution is -0.251. The van der Waals surface area contributed by atoms with Gasteiger partial charge in [-0.05, 0) is 6.92 Å². The van der Waals surface area contributed by atoms with Crippen molar-refractivity contribution in [3.63, 3.8) is 0 Å². The molecule has 0 unspecified atom stereocenters. The van der Waals surface area contributed by atoms with Crippen LogP contribution in [0.25, 0.3) is 0 Å². The number of amides is 1. The molecule has 2 aromatic carbocycles. The van der Waals surface area contributed by atoms with Crippen molar-refractivity contribution in [2.75, 3.05) is 0 Å². The first-order valence-corrected chi connectivity index (χ1v) is 13.2. The van der Waals surface area contributed by atoms with Crippen LogP contribution in [-0.2, 0) is 25.5 Å². The number of carbonyl (C=O) groups excluding carboxylic acids is 4. The molecular weight excluding hydrogens is 605 g/mol. The molecule has 1 amide bonds. The van der Waals surface area contributed by atoms with Gasteiger partial charge in [0.15, 0.2) is 17.9 Å². The minimum absolute atomic E-state index is 0.126. The zero-order valence-electron chi connectivity index (χ0n) is 22.5. The molecular formula is C28H24F5NO10. The number of hydrogen-bond acceptors (Lipinski definition) is 10. The number of fused-ring (bicyclic) bond motifs is 3. The highest BCUT2D eigenvalue weighted by molar-refractivity contribution is 6.30. The van der Waals surface area contributed by atoms with Gasteiger partial charge in [-0.1, -0.05) is 24.3 Å². The predicted octanol–water partition coefficient (Wildman–Crippen LogP) is 1.99. The third kappa shape index (κ3) is 5.10. The van der Waals surface area contributed by atoms with E-state index in [0.29, 0.717) is 0 Å². The number of benzene rings is 2. The number of carbonyl (C=O) groups is 4. The first-order chi connectivity index (χ1) is 20.5. The Bertz CT molecular complexity index is 1580. The second-order valence-corrected chi connectivity index (χ2v) is 10.8. The number of rotatable bonds is 5. The summed E-state index contributed by atoms with van der Waals surface area (Å²) in [5.74, 6) is -8.10. The topological polar surface area (TPSA) is 180 Å². The van der Waals surface area contributed by atoms with Gasteiger partial charge in [-0.25, -0.2) is 8.78 Å². The van der Waals surface area contributed by atoms with Gasteiger partial charge < -0.3 is 35.2 Å². The molecule has 1 fully saturated rings. The van der Waals surface area contributed by atoms with E-state index < -0.39 is 125 Å². The summed E-state index contributed by atoms with van der Waals surface area (Å²) in [5, 5.41) is 45.6. The molecule has 0 radical (unpaired) electrons. The first kappa shape index (κ1) is 31.4. The maximum atomic E-state index is 13.6. The first-order valence-electron chi connectivity index (χ1n) is 13.2. The number of halogens is 5. The Labute approximate surface area is 244 Å². The van der Waals surface area contributed by atoms with Crippen LogP contribution >= 0.6 is 0 Å². The lowest BCUT2D eigenvalue weighted by Gasteiger charge is -2.43. The van der Waals surface area contributed by atoms with E-state index in [4.69, 9.17) is 9.47 Å². The van der Waals surface area contributed by atoms with Crippen LogP contribution in [0, 0.1) is 0 Å². The van der Waals surface area contributed by atoms with Gasteiger partial charge in [0.05, 0.1) is 29.4 Å². The van der Waals surface area contributed by atoms with Crippen molar-refractivity contribution in [1.82, 2.24) is 5.32 Å². The summed E-state index contributed by atoms with van der Waals surface area (Å²) in [5.41, 5.74) is -5.61. The second-order valence-electron chi connectivity index (χ2n) is 10.8.